The molecule has 2 amide bonds. The van der Waals surface area contributed by atoms with Gasteiger partial charge in [-0.3, -0.25) is 4.90 Å². The van der Waals surface area contributed by atoms with Gasteiger partial charge < -0.3 is 20.6 Å². The van der Waals surface area contributed by atoms with Crippen molar-refractivity contribution in [3.8, 4) is 0 Å². The number of rotatable bonds is 3. The minimum Gasteiger partial charge on any atom is -0.390 e. The van der Waals surface area contributed by atoms with Crippen LogP contribution in [0.15, 0.2) is 0 Å². The van der Waals surface area contributed by atoms with Crippen molar-refractivity contribution in [1.82, 2.24) is 14.7 Å². The maximum absolute atomic E-state index is 12.1. The number of amides is 2. The SMILES string of the molecule is CN(CCN1CC[C@@H](N)[C@@H](O)C1)C(=O)N1CCCC1. The molecule has 3 N–H and O–H groups in total. The van der Waals surface area contributed by atoms with Crippen molar-refractivity contribution >= 4 is 6.03 Å². The Balaban J connectivity index is 1.71. The number of piperidine rings is 1. The molecule has 2 atom stereocenters. The second-order valence-electron chi connectivity index (χ2n) is 5.72. The third kappa shape index (κ3) is 3.81. The van der Waals surface area contributed by atoms with E-state index in [0.717, 1.165) is 45.4 Å². The van der Waals surface area contributed by atoms with Crippen LogP contribution in [0.1, 0.15) is 19.3 Å². The monoisotopic (exact) mass is 270 g/mol. The number of carbonyl (C=O) groups excluding carboxylic acids is 1. The van der Waals surface area contributed by atoms with Gasteiger partial charge in [0.2, 0.25) is 0 Å². The van der Waals surface area contributed by atoms with E-state index in [2.05, 4.69) is 4.90 Å². The fourth-order valence-corrected chi connectivity index (χ4v) is 2.76. The molecule has 2 aliphatic rings. The highest BCUT2D eigenvalue weighted by molar-refractivity contribution is 5.74. The average Bonchev–Trinajstić information content (AvgIpc) is 2.93. The van der Waals surface area contributed by atoms with Gasteiger partial charge in [-0.1, -0.05) is 0 Å². The predicted octanol–water partition coefficient (Wildman–Crippen LogP) is -0.472. The van der Waals surface area contributed by atoms with E-state index in [1.54, 1.807) is 4.90 Å². The van der Waals surface area contributed by atoms with Gasteiger partial charge >= 0.3 is 6.03 Å². The second kappa shape index (κ2) is 6.54. The summed E-state index contributed by atoms with van der Waals surface area (Å²) in [5, 5.41) is 9.74. The molecular weight excluding hydrogens is 244 g/mol. The smallest absolute Gasteiger partial charge is 0.319 e. The van der Waals surface area contributed by atoms with Gasteiger partial charge in [-0.05, 0) is 25.8 Å². The van der Waals surface area contributed by atoms with Gasteiger partial charge in [-0.15, -0.1) is 0 Å². The van der Waals surface area contributed by atoms with Crippen molar-refractivity contribution in [2.24, 2.45) is 5.73 Å². The molecule has 2 saturated heterocycles. The number of likely N-dealkylation sites (N-methyl/N-ethyl adjacent to an activating group) is 1. The molecule has 6 heteroatoms. The maximum Gasteiger partial charge on any atom is 0.319 e. The molecule has 0 unspecified atom stereocenters. The van der Waals surface area contributed by atoms with Crippen LogP contribution in [-0.4, -0.2) is 84.3 Å². The lowest BCUT2D eigenvalue weighted by Gasteiger charge is -2.35. The number of nitrogens with two attached hydrogens (primary N) is 1. The summed E-state index contributed by atoms with van der Waals surface area (Å²) in [6.07, 6.45) is 2.63. The van der Waals surface area contributed by atoms with Gasteiger partial charge in [0.25, 0.3) is 0 Å². The molecule has 2 fully saturated rings. The lowest BCUT2D eigenvalue weighted by atomic mass is 10.0. The van der Waals surface area contributed by atoms with E-state index in [9.17, 15) is 9.90 Å². The summed E-state index contributed by atoms with van der Waals surface area (Å²) in [6.45, 7) is 4.81. The first-order valence-electron chi connectivity index (χ1n) is 7.24. The van der Waals surface area contributed by atoms with Crippen LogP contribution in [0.3, 0.4) is 0 Å². The van der Waals surface area contributed by atoms with E-state index in [1.807, 2.05) is 11.9 Å². The zero-order chi connectivity index (χ0) is 13.8. The number of likely N-dealkylation sites (tertiary alicyclic amines) is 2. The molecule has 2 aliphatic heterocycles. The summed E-state index contributed by atoms with van der Waals surface area (Å²) in [5.74, 6) is 0. The van der Waals surface area contributed by atoms with Crippen LogP contribution in [0.4, 0.5) is 4.79 Å². The highest BCUT2D eigenvalue weighted by Gasteiger charge is 2.26. The number of aliphatic hydroxyl groups excluding tert-OH is 1. The summed E-state index contributed by atoms with van der Waals surface area (Å²) in [4.78, 5) is 18.0. The summed E-state index contributed by atoms with van der Waals surface area (Å²) >= 11 is 0. The van der Waals surface area contributed by atoms with Crippen LogP contribution in [0.2, 0.25) is 0 Å². The van der Waals surface area contributed by atoms with Crippen LogP contribution in [0, 0.1) is 0 Å². The van der Waals surface area contributed by atoms with Crippen LogP contribution < -0.4 is 5.73 Å². The Labute approximate surface area is 115 Å². The molecule has 2 rings (SSSR count). The highest BCUT2D eigenvalue weighted by Crippen LogP contribution is 2.11. The fraction of sp³-hybridized carbons (Fsp3) is 0.923. The minimum absolute atomic E-state index is 0.0970. The first kappa shape index (κ1) is 14.6. The van der Waals surface area contributed by atoms with Crippen molar-refractivity contribution < 1.29 is 9.90 Å². The number of urea groups is 1. The van der Waals surface area contributed by atoms with Gasteiger partial charge in [0.05, 0.1) is 6.10 Å². The minimum atomic E-state index is -0.437. The molecule has 0 aromatic carbocycles. The third-order valence-electron chi connectivity index (χ3n) is 4.17. The summed E-state index contributed by atoms with van der Waals surface area (Å²) in [6, 6.07) is 0.0342. The standard InChI is InChI=1S/C13H26N4O2/c1-15(13(19)17-5-2-3-6-17)8-9-16-7-4-11(14)12(18)10-16/h11-12,18H,2-10,14H2,1H3/t11-,12+/m1/s1. The highest BCUT2D eigenvalue weighted by atomic mass is 16.3. The first-order valence-corrected chi connectivity index (χ1v) is 7.24. The normalized spacial score (nSPS) is 28.7. The molecule has 2 heterocycles. The largest absolute Gasteiger partial charge is 0.390 e. The number of nitrogens with zero attached hydrogens (tertiary/aromatic N) is 3. The Morgan fingerprint density at radius 3 is 2.68 bits per heavy atom. The number of hydrogen-bond donors (Lipinski definition) is 2. The van der Waals surface area contributed by atoms with E-state index < -0.39 is 6.10 Å². The van der Waals surface area contributed by atoms with E-state index in [0.29, 0.717) is 13.1 Å². The maximum atomic E-state index is 12.1. The first-order chi connectivity index (χ1) is 9.08. The molecule has 6 nitrogen and oxygen atoms in total. The zero-order valence-corrected chi connectivity index (χ0v) is 11.8. The molecule has 19 heavy (non-hydrogen) atoms. The molecule has 0 aromatic rings. The van der Waals surface area contributed by atoms with Gasteiger partial charge in [-0.2, -0.15) is 0 Å². The van der Waals surface area contributed by atoms with E-state index >= 15 is 0 Å². The Kier molecular flexibility index (Phi) is 5.01. The number of carbonyl (C=O) groups is 1. The summed E-state index contributed by atoms with van der Waals surface area (Å²) < 4.78 is 0. The zero-order valence-electron chi connectivity index (χ0n) is 11.8. The van der Waals surface area contributed by atoms with Gasteiger partial charge in [-0.25, -0.2) is 4.79 Å². The Bertz CT molecular complexity index is 307. The van der Waals surface area contributed by atoms with Crippen LogP contribution >= 0.6 is 0 Å². The molecular formula is C13H26N4O2. The number of hydrogen-bond acceptors (Lipinski definition) is 4. The van der Waals surface area contributed by atoms with Crippen molar-refractivity contribution in [1.29, 1.82) is 0 Å². The van der Waals surface area contributed by atoms with Crippen LogP contribution in [0.25, 0.3) is 0 Å². The van der Waals surface area contributed by atoms with Crippen LogP contribution in [0.5, 0.6) is 0 Å². The molecule has 0 saturated carbocycles. The molecule has 0 spiro atoms. The topological polar surface area (TPSA) is 73.0 Å². The van der Waals surface area contributed by atoms with E-state index in [1.165, 1.54) is 0 Å². The van der Waals surface area contributed by atoms with Crippen LogP contribution in [-0.2, 0) is 0 Å². The second-order valence-corrected chi connectivity index (χ2v) is 5.72. The lowest BCUT2D eigenvalue weighted by molar-refractivity contribution is 0.0504. The third-order valence-corrected chi connectivity index (χ3v) is 4.17. The molecule has 0 radical (unpaired) electrons. The van der Waals surface area contributed by atoms with Gasteiger partial charge in [0, 0.05) is 45.8 Å². The summed E-state index contributed by atoms with van der Waals surface area (Å²) in [7, 11) is 1.85. The van der Waals surface area contributed by atoms with E-state index in [4.69, 9.17) is 5.73 Å². The average molecular weight is 270 g/mol. The number of β-amino-alcohol motifs (C(OH)–C–C–N with tert-alkyl or cyclic N) is 1. The van der Waals surface area contributed by atoms with Crippen molar-refractivity contribution in [2.45, 2.75) is 31.4 Å². The van der Waals surface area contributed by atoms with Crippen molar-refractivity contribution in [3.63, 3.8) is 0 Å². The lowest BCUT2D eigenvalue weighted by Crippen LogP contribution is -2.52. The molecule has 0 aliphatic carbocycles. The van der Waals surface area contributed by atoms with Gasteiger partial charge in [0.1, 0.15) is 0 Å². The Morgan fingerprint density at radius 1 is 1.37 bits per heavy atom. The molecule has 0 bridgehead atoms. The Morgan fingerprint density at radius 2 is 2.05 bits per heavy atom. The predicted molar refractivity (Wildman–Crippen MR) is 73.9 cm³/mol. The molecule has 0 aromatic heterocycles. The fourth-order valence-electron chi connectivity index (χ4n) is 2.76. The summed E-state index contributed by atoms with van der Waals surface area (Å²) in [5.41, 5.74) is 5.78. The van der Waals surface area contributed by atoms with Crippen molar-refractivity contribution in [3.05, 3.63) is 0 Å². The number of aliphatic hydroxyl groups is 1. The van der Waals surface area contributed by atoms with Gasteiger partial charge in [0.15, 0.2) is 0 Å². The van der Waals surface area contributed by atoms with Crippen molar-refractivity contribution in [2.75, 3.05) is 46.3 Å². The molecule has 110 valence electrons. The van der Waals surface area contributed by atoms with E-state index in [-0.39, 0.29) is 12.1 Å². The quantitative estimate of drug-likeness (QED) is 0.727. The Hall–Kier alpha value is -0.850.